The Balaban J connectivity index is 1.93. The van der Waals surface area contributed by atoms with Crippen LogP contribution in [-0.4, -0.2) is 27.8 Å². The first kappa shape index (κ1) is 12.3. The third-order valence-corrected chi connectivity index (χ3v) is 4.31. The summed E-state index contributed by atoms with van der Waals surface area (Å²) in [4.78, 5) is 18.1. The van der Waals surface area contributed by atoms with Crippen molar-refractivity contribution in [3.05, 3.63) is 28.2 Å². The molecule has 0 N–H and O–H groups in total. The summed E-state index contributed by atoms with van der Waals surface area (Å²) < 4.78 is 0. The fraction of sp³-hybridized carbons (Fsp3) is 0.333. The molecule has 0 aromatic heterocycles. The van der Waals surface area contributed by atoms with Crippen LogP contribution in [0.1, 0.15) is 12.8 Å². The van der Waals surface area contributed by atoms with Gasteiger partial charge in [0.1, 0.15) is 0 Å². The Morgan fingerprint density at radius 1 is 1.33 bits per heavy atom. The molecule has 1 aromatic carbocycles. The number of halogens is 2. The van der Waals surface area contributed by atoms with E-state index >= 15 is 0 Å². The molecule has 3 nitrogen and oxygen atoms in total. The molecule has 2 fully saturated rings. The number of nitrogens with zero attached hydrogens (tertiary/aromatic N) is 2. The monoisotopic (exact) mass is 300 g/mol. The Morgan fingerprint density at radius 2 is 2.11 bits per heavy atom. The van der Waals surface area contributed by atoms with E-state index in [2.05, 4.69) is 4.99 Å². The van der Waals surface area contributed by atoms with Gasteiger partial charge in [0.15, 0.2) is 5.17 Å². The van der Waals surface area contributed by atoms with Crippen molar-refractivity contribution in [3.8, 4) is 0 Å². The van der Waals surface area contributed by atoms with Gasteiger partial charge in [-0.1, -0.05) is 35.0 Å². The molecule has 1 saturated heterocycles. The minimum Gasteiger partial charge on any atom is -0.287 e. The molecule has 1 aliphatic heterocycles. The first-order valence-electron chi connectivity index (χ1n) is 5.64. The average Bonchev–Trinajstić information content (AvgIpc) is 3.08. The van der Waals surface area contributed by atoms with Crippen molar-refractivity contribution >= 4 is 51.7 Å². The highest BCUT2D eigenvalue weighted by Crippen LogP contribution is 2.36. The van der Waals surface area contributed by atoms with E-state index < -0.39 is 0 Å². The van der Waals surface area contributed by atoms with Gasteiger partial charge in [0.25, 0.3) is 0 Å². The van der Waals surface area contributed by atoms with E-state index in [-0.39, 0.29) is 5.91 Å². The van der Waals surface area contributed by atoms with Crippen molar-refractivity contribution in [1.29, 1.82) is 0 Å². The van der Waals surface area contributed by atoms with E-state index in [4.69, 9.17) is 23.2 Å². The van der Waals surface area contributed by atoms with Crippen LogP contribution in [0.5, 0.6) is 0 Å². The molecule has 1 saturated carbocycles. The van der Waals surface area contributed by atoms with Crippen LogP contribution >= 0.6 is 35.0 Å². The highest BCUT2D eigenvalue weighted by molar-refractivity contribution is 8.15. The Bertz CT molecular complexity index is 543. The van der Waals surface area contributed by atoms with Crippen molar-refractivity contribution in [2.45, 2.75) is 18.9 Å². The minimum atomic E-state index is 0.145. The number of benzene rings is 1. The van der Waals surface area contributed by atoms with E-state index in [1.165, 1.54) is 11.8 Å². The number of thioether (sulfide) groups is 1. The molecule has 1 heterocycles. The maximum Gasteiger partial charge on any atom is 0.239 e. The summed E-state index contributed by atoms with van der Waals surface area (Å²) in [6.45, 7) is 0. The first-order chi connectivity index (χ1) is 8.65. The summed E-state index contributed by atoms with van der Waals surface area (Å²) in [6, 6.07) is 5.52. The Labute approximate surface area is 119 Å². The molecule has 0 unspecified atom stereocenters. The fourth-order valence-corrected chi connectivity index (χ4v) is 3.22. The number of amides is 1. The lowest BCUT2D eigenvalue weighted by molar-refractivity contribution is -0.124. The van der Waals surface area contributed by atoms with Crippen molar-refractivity contribution in [3.63, 3.8) is 0 Å². The predicted octanol–water partition coefficient (Wildman–Crippen LogP) is 3.72. The number of amidine groups is 1. The van der Waals surface area contributed by atoms with Gasteiger partial charge >= 0.3 is 0 Å². The summed E-state index contributed by atoms with van der Waals surface area (Å²) in [7, 11) is 0. The van der Waals surface area contributed by atoms with E-state index in [0.717, 1.165) is 18.0 Å². The number of carbonyl (C=O) groups is 1. The summed E-state index contributed by atoms with van der Waals surface area (Å²) in [6.07, 6.45) is 2.14. The van der Waals surface area contributed by atoms with Gasteiger partial charge in [-0.15, -0.1) is 0 Å². The third kappa shape index (κ3) is 2.37. The lowest BCUT2D eigenvalue weighted by atomic mass is 10.3. The van der Waals surface area contributed by atoms with Crippen LogP contribution in [-0.2, 0) is 4.79 Å². The van der Waals surface area contributed by atoms with Crippen LogP contribution in [0.15, 0.2) is 23.2 Å². The molecule has 6 heteroatoms. The van der Waals surface area contributed by atoms with E-state index in [9.17, 15) is 4.79 Å². The molecule has 3 rings (SSSR count). The molecule has 0 bridgehead atoms. The van der Waals surface area contributed by atoms with E-state index in [1.807, 2.05) is 0 Å². The standard InChI is InChI=1S/C12H10Cl2N2OS/c13-7-1-4-10(9(14)5-7)15-12-16(8-2-3-8)11(17)6-18-12/h1,4-5,8H,2-3,6H2. The van der Waals surface area contributed by atoms with Crippen molar-refractivity contribution in [1.82, 2.24) is 4.90 Å². The fourth-order valence-electron chi connectivity index (χ4n) is 1.83. The predicted molar refractivity (Wildman–Crippen MR) is 75.9 cm³/mol. The molecule has 1 aromatic rings. The van der Waals surface area contributed by atoms with E-state index in [1.54, 1.807) is 23.1 Å². The second kappa shape index (κ2) is 4.76. The van der Waals surface area contributed by atoms with Gasteiger partial charge in [0.05, 0.1) is 16.5 Å². The van der Waals surface area contributed by atoms with Gasteiger partial charge < -0.3 is 0 Å². The normalized spacial score (nSPS) is 22.0. The van der Waals surface area contributed by atoms with Crippen LogP contribution in [0, 0.1) is 0 Å². The zero-order chi connectivity index (χ0) is 12.7. The minimum absolute atomic E-state index is 0.145. The number of hydrogen-bond acceptors (Lipinski definition) is 3. The van der Waals surface area contributed by atoms with Gasteiger partial charge in [0, 0.05) is 11.1 Å². The average molecular weight is 301 g/mol. The van der Waals surface area contributed by atoms with Gasteiger partial charge in [-0.3, -0.25) is 9.69 Å². The van der Waals surface area contributed by atoms with Gasteiger partial charge in [0.2, 0.25) is 5.91 Å². The van der Waals surface area contributed by atoms with Crippen molar-refractivity contribution in [2.24, 2.45) is 4.99 Å². The Morgan fingerprint density at radius 3 is 2.78 bits per heavy atom. The van der Waals surface area contributed by atoms with Crippen LogP contribution in [0.4, 0.5) is 5.69 Å². The lowest BCUT2D eigenvalue weighted by Crippen LogP contribution is -2.31. The zero-order valence-electron chi connectivity index (χ0n) is 9.40. The van der Waals surface area contributed by atoms with Gasteiger partial charge in [-0.25, -0.2) is 4.99 Å². The number of aliphatic imine (C=N–C) groups is 1. The third-order valence-electron chi connectivity index (χ3n) is 2.84. The molecule has 2 aliphatic rings. The molecular formula is C12H10Cl2N2OS. The van der Waals surface area contributed by atoms with Gasteiger partial charge in [-0.2, -0.15) is 0 Å². The number of carbonyl (C=O) groups excluding carboxylic acids is 1. The summed E-state index contributed by atoms with van der Waals surface area (Å²) in [5, 5.41) is 1.84. The smallest absolute Gasteiger partial charge is 0.239 e. The highest BCUT2D eigenvalue weighted by atomic mass is 35.5. The quantitative estimate of drug-likeness (QED) is 0.834. The maximum absolute atomic E-state index is 11.8. The lowest BCUT2D eigenvalue weighted by Gasteiger charge is -2.14. The number of rotatable bonds is 2. The molecule has 1 amide bonds. The summed E-state index contributed by atoms with van der Waals surface area (Å²) in [5.41, 5.74) is 0.656. The molecule has 0 radical (unpaired) electrons. The largest absolute Gasteiger partial charge is 0.287 e. The SMILES string of the molecule is O=C1CSC(=Nc2ccc(Cl)cc2Cl)N1C1CC1. The molecule has 0 atom stereocenters. The van der Waals surface area contributed by atoms with Crippen LogP contribution < -0.4 is 0 Å². The van der Waals surface area contributed by atoms with Crippen molar-refractivity contribution in [2.75, 3.05) is 5.75 Å². The molecule has 18 heavy (non-hydrogen) atoms. The maximum atomic E-state index is 11.8. The highest BCUT2D eigenvalue weighted by Gasteiger charge is 2.40. The summed E-state index contributed by atoms with van der Waals surface area (Å²) in [5.74, 6) is 0.618. The van der Waals surface area contributed by atoms with Gasteiger partial charge in [-0.05, 0) is 31.0 Å². The summed E-state index contributed by atoms with van der Waals surface area (Å²) >= 11 is 13.4. The first-order valence-corrected chi connectivity index (χ1v) is 7.38. The second-order valence-electron chi connectivity index (χ2n) is 4.27. The molecular weight excluding hydrogens is 291 g/mol. The van der Waals surface area contributed by atoms with Crippen molar-refractivity contribution < 1.29 is 4.79 Å². The second-order valence-corrected chi connectivity index (χ2v) is 6.06. The number of hydrogen-bond donors (Lipinski definition) is 0. The van der Waals surface area contributed by atoms with Crippen LogP contribution in [0.3, 0.4) is 0 Å². The molecule has 1 aliphatic carbocycles. The Hall–Kier alpha value is -0.710. The van der Waals surface area contributed by atoms with Crippen LogP contribution in [0.25, 0.3) is 0 Å². The van der Waals surface area contributed by atoms with Crippen LogP contribution in [0.2, 0.25) is 10.0 Å². The topological polar surface area (TPSA) is 32.7 Å². The molecule has 0 spiro atoms. The Kier molecular flexibility index (Phi) is 3.26. The van der Waals surface area contributed by atoms with E-state index in [0.29, 0.717) is 27.5 Å². The zero-order valence-corrected chi connectivity index (χ0v) is 11.7. The molecule has 94 valence electrons.